The first kappa shape index (κ1) is 17.2. The number of allylic oxidation sites excluding steroid dienone is 2. The summed E-state index contributed by atoms with van der Waals surface area (Å²) in [6, 6.07) is 18.7. The minimum absolute atomic E-state index is 0.0964. The van der Waals surface area contributed by atoms with Crippen LogP contribution in [-0.4, -0.2) is 5.78 Å². The van der Waals surface area contributed by atoms with Gasteiger partial charge in [-0.2, -0.15) is 0 Å². The van der Waals surface area contributed by atoms with Gasteiger partial charge in [0, 0.05) is 29.9 Å². The number of ketones is 1. The van der Waals surface area contributed by atoms with Gasteiger partial charge in [-0.25, -0.2) is 4.39 Å². The van der Waals surface area contributed by atoms with Crippen LogP contribution in [0, 0.1) is 11.2 Å². The van der Waals surface area contributed by atoms with E-state index < -0.39 is 0 Å². The second-order valence-electron chi connectivity index (χ2n) is 8.57. The molecule has 0 fully saturated rings. The number of fused-ring (bicyclic) bond motifs is 3. The van der Waals surface area contributed by atoms with E-state index in [1.807, 2.05) is 42.5 Å². The van der Waals surface area contributed by atoms with Gasteiger partial charge in [0.2, 0.25) is 0 Å². The number of hydrogen-bond acceptors (Lipinski definition) is 2. The minimum Gasteiger partial charge on any atom is -0.461 e. The van der Waals surface area contributed by atoms with Gasteiger partial charge < -0.3 is 4.74 Å². The molecule has 1 atom stereocenters. The summed E-state index contributed by atoms with van der Waals surface area (Å²) in [6.45, 7) is 4.18. The molecular weight excluding hydrogens is 351 g/mol. The van der Waals surface area contributed by atoms with Gasteiger partial charge in [0.1, 0.15) is 17.3 Å². The highest BCUT2D eigenvalue weighted by Gasteiger charge is 2.42. The van der Waals surface area contributed by atoms with Crippen molar-refractivity contribution >= 4 is 16.6 Å². The topological polar surface area (TPSA) is 26.3 Å². The van der Waals surface area contributed by atoms with Gasteiger partial charge in [-0.15, -0.1) is 0 Å². The number of halogens is 1. The molecular formula is C25H21FO2. The average Bonchev–Trinajstić information content (AvgIpc) is 2.65. The molecule has 0 N–H and O–H groups in total. The zero-order chi connectivity index (χ0) is 19.5. The molecule has 0 saturated heterocycles. The van der Waals surface area contributed by atoms with Crippen molar-refractivity contribution in [3.63, 3.8) is 0 Å². The van der Waals surface area contributed by atoms with Gasteiger partial charge in [0.15, 0.2) is 5.78 Å². The fourth-order valence-electron chi connectivity index (χ4n) is 4.65. The third-order valence-electron chi connectivity index (χ3n) is 5.80. The molecule has 3 heteroatoms. The lowest BCUT2D eigenvalue weighted by atomic mass is 9.69. The Morgan fingerprint density at radius 2 is 1.82 bits per heavy atom. The van der Waals surface area contributed by atoms with Crippen molar-refractivity contribution in [3.05, 3.63) is 88.9 Å². The highest BCUT2D eigenvalue weighted by molar-refractivity contribution is 6.02. The van der Waals surface area contributed by atoms with E-state index in [2.05, 4.69) is 13.8 Å². The molecule has 140 valence electrons. The second kappa shape index (κ2) is 6.03. The molecule has 0 amide bonds. The van der Waals surface area contributed by atoms with Gasteiger partial charge in [-0.1, -0.05) is 56.3 Å². The molecule has 2 aliphatic rings. The van der Waals surface area contributed by atoms with Gasteiger partial charge in [-0.05, 0) is 39.9 Å². The summed E-state index contributed by atoms with van der Waals surface area (Å²) in [5.74, 6) is 0.982. The van der Waals surface area contributed by atoms with Crippen LogP contribution in [0.1, 0.15) is 43.7 Å². The van der Waals surface area contributed by atoms with Gasteiger partial charge in [0.25, 0.3) is 0 Å². The number of carbonyl (C=O) groups is 1. The van der Waals surface area contributed by atoms with Gasteiger partial charge in [0.05, 0.1) is 0 Å². The Morgan fingerprint density at radius 1 is 1.00 bits per heavy atom. The summed E-state index contributed by atoms with van der Waals surface area (Å²) < 4.78 is 20.4. The minimum atomic E-state index is -0.316. The van der Waals surface area contributed by atoms with Crippen molar-refractivity contribution in [1.29, 1.82) is 0 Å². The Balaban J connectivity index is 1.83. The van der Waals surface area contributed by atoms with Crippen molar-refractivity contribution in [2.75, 3.05) is 0 Å². The molecule has 5 rings (SSSR count). The molecule has 1 aliphatic carbocycles. The number of hydrogen-bond donors (Lipinski definition) is 0. The molecule has 28 heavy (non-hydrogen) atoms. The first-order valence-corrected chi connectivity index (χ1v) is 9.64. The Morgan fingerprint density at radius 3 is 2.64 bits per heavy atom. The van der Waals surface area contributed by atoms with Crippen LogP contribution < -0.4 is 4.74 Å². The molecule has 0 spiro atoms. The average molecular weight is 372 g/mol. The van der Waals surface area contributed by atoms with E-state index in [1.165, 1.54) is 6.07 Å². The van der Waals surface area contributed by atoms with Crippen molar-refractivity contribution in [1.82, 2.24) is 0 Å². The van der Waals surface area contributed by atoms with Crippen LogP contribution in [0.25, 0.3) is 10.8 Å². The van der Waals surface area contributed by atoms with E-state index in [0.717, 1.165) is 33.4 Å². The standard InChI is InChI=1S/C25H21FO2/c1-25(2)13-19(27)24-21(14-25)28-20-11-10-15-6-3-4-9-18(15)23(20)22(24)16-7-5-8-17(26)12-16/h3-12,22H,13-14H2,1-2H3. The lowest BCUT2D eigenvalue weighted by Gasteiger charge is -2.38. The molecule has 0 bridgehead atoms. The molecule has 0 aromatic heterocycles. The summed E-state index contributed by atoms with van der Waals surface area (Å²) in [7, 11) is 0. The highest BCUT2D eigenvalue weighted by Crippen LogP contribution is 2.51. The van der Waals surface area contributed by atoms with Crippen LogP contribution in [-0.2, 0) is 4.79 Å². The van der Waals surface area contributed by atoms with E-state index in [4.69, 9.17) is 4.74 Å². The monoisotopic (exact) mass is 372 g/mol. The molecule has 3 aromatic carbocycles. The van der Waals surface area contributed by atoms with Crippen molar-refractivity contribution < 1.29 is 13.9 Å². The first-order valence-electron chi connectivity index (χ1n) is 9.64. The van der Waals surface area contributed by atoms with Crippen molar-refractivity contribution in [2.45, 2.75) is 32.6 Å². The van der Waals surface area contributed by atoms with Crippen LogP contribution in [0.3, 0.4) is 0 Å². The Hall–Kier alpha value is -2.94. The van der Waals surface area contributed by atoms with Crippen LogP contribution in [0.4, 0.5) is 4.39 Å². The normalized spacial score (nSPS) is 20.5. The zero-order valence-electron chi connectivity index (χ0n) is 16.0. The molecule has 1 heterocycles. The summed E-state index contributed by atoms with van der Waals surface area (Å²) in [5.41, 5.74) is 2.29. The second-order valence-corrected chi connectivity index (χ2v) is 8.57. The lowest BCUT2D eigenvalue weighted by Crippen LogP contribution is -2.33. The Labute approximate surface area is 163 Å². The van der Waals surface area contributed by atoms with Crippen molar-refractivity contribution in [2.24, 2.45) is 5.41 Å². The summed E-state index contributed by atoms with van der Waals surface area (Å²) in [5, 5.41) is 2.12. The van der Waals surface area contributed by atoms with Crippen molar-refractivity contribution in [3.8, 4) is 5.75 Å². The molecule has 1 aliphatic heterocycles. The third-order valence-corrected chi connectivity index (χ3v) is 5.80. The van der Waals surface area contributed by atoms with E-state index in [9.17, 15) is 9.18 Å². The molecule has 2 nitrogen and oxygen atoms in total. The summed E-state index contributed by atoms with van der Waals surface area (Å²) in [6.07, 6.45) is 1.17. The number of Topliss-reactive ketones (excluding diaryl/α,β-unsaturated/α-hetero) is 1. The van der Waals surface area contributed by atoms with Crippen LogP contribution >= 0.6 is 0 Å². The van der Waals surface area contributed by atoms with E-state index in [1.54, 1.807) is 12.1 Å². The number of carbonyl (C=O) groups excluding carboxylic acids is 1. The quantitative estimate of drug-likeness (QED) is 0.512. The number of benzene rings is 3. The first-order chi connectivity index (χ1) is 13.4. The van der Waals surface area contributed by atoms with E-state index in [0.29, 0.717) is 18.4 Å². The lowest BCUT2D eigenvalue weighted by molar-refractivity contribution is -0.118. The van der Waals surface area contributed by atoms with E-state index >= 15 is 0 Å². The predicted octanol–water partition coefficient (Wildman–Crippen LogP) is 6.15. The molecule has 1 unspecified atom stereocenters. The maximum atomic E-state index is 14.1. The van der Waals surface area contributed by atoms with Crippen LogP contribution in [0.5, 0.6) is 5.75 Å². The third kappa shape index (κ3) is 2.65. The summed E-state index contributed by atoms with van der Waals surface area (Å²) in [4.78, 5) is 13.2. The molecule has 3 aromatic rings. The Bertz CT molecular complexity index is 1160. The molecule has 0 radical (unpaired) electrons. The fourth-order valence-corrected chi connectivity index (χ4v) is 4.65. The van der Waals surface area contributed by atoms with Gasteiger partial charge >= 0.3 is 0 Å². The number of ether oxygens (including phenoxy) is 1. The maximum Gasteiger partial charge on any atom is 0.163 e. The Kier molecular flexibility index (Phi) is 3.70. The highest BCUT2D eigenvalue weighted by atomic mass is 19.1. The maximum absolute atomic E-state index is 14.1. The largest absolute Gasteiger partial charge is 0.461 e. The molecule has 0 saturated carbocycles. The fraction of sp³-hybridized carbons (Fsp3) is 0.240. The SMILES string of the molecule is CC1(C)CC(=O)C2=C(C1)Oc1ccc3ccccc3c1C2c1cccc(F)c1. The summed E-state index contributed by atoms with van der Waals surface area (Å²) >= 11 is 0. The van der Waals surface area contributed by atoms with Crippen LogP contribution in [0.2, 0.25) is 0 Å². The van der Waals surface area contributed by atoms with Crippen LogP contribution in [0.15, 0.2) is 72.0 Å². The van der Waals surface area contributed by atoms with Gasteiger partial charge in [-0.3, -0.25) is 4.79 Å². The van der Waals surface area contributed by atoms with E-state index in [-0.39, 0.29) is 22.9 Å². The smallest absolute Gasteiger partial charge is 0.163 e. The zero-order valence-corrected chi connectivity index (χ0v) is 16.0. The number of rotatable bonds is 1. The predicted molar refractivity (Wildman–Crippen MR) is 108 cm³/mol.